The summed E-state index contributed by atoms with van der Waals surface area (Å²) in [5.41, 5.74) is 4.74. The SMILES string of the molecule is CCc1cn2nc(CN3CCN(c4ccc5c(NC)ncn5c4)CC3)cc2[nH]c1=O. The molecule has 0 bridgehead atoms. The van der Waals surface area contributed by atoms with Crippen molar-refractivity contribution in [1.82, 2.24) is 28.9 Å². The largest absolute Gasteiger partial charge is 0.371 e. The second-order valence-corrected chi connectivity index (χ2v) is 7.71. The van der Waals surface area contributed by atoms with Gasteiger partial charge in [0.2, 0.25) is 0 Å². The Labute approximate surface area is 173 Å². The molecule has 30 heavy (non-hydrogen) atoms. The average molecular weight is 406 g/mol. The van der Waals surface area contributed by atoms with Gasteiger partial charge in [-0.05, 0) is 18.6 Å². The van der Waals surface area contributed by atoms with Crippen LogP contribution in [0.5, 0.6) is 0 Å². The first-order chi connectivity index (χ1) is 14.6. The van der Waals surface area contributed by atoms with Crippen LogP contribution in [0.2, 0.25) is 0 Å². The first kappa shape index (κ1) is 18.7. The minimum absolute atomic E-state index is 0.0261. The van der Waals surface area contributed by atoms with Crippen molar-refractivity contribution in [2.75, 3.05) is 43.4 Å². The Morgan fingerprint density at radius 1 is 1.17 bits per heavy atom. The number of aromatic amines is 1. The monoisotopic (exact) mass is 406 g/mol. The van der Waals surface area contributed by atoms with Crippen LogP contribution in [0.1, 0.15) is 18.2 Å². The Balaban J connectivity index is 1.26. The number of aryl methyl sites for hydroxylation is 1. The molecule has 1 saturated heterocycles. The molecule has 4 aromatic rings. The standard InChI is InChI=1S/C21H26N8O/c1-3-15-11-29-19(24-21(15)30)10-16(25-29)12-26-6-8-27(9-7-26)17-4-5-18-20(22-2)23-14-28(18)13-17/h4-5,10-11,13-14,22H,3,6-9,12H2,1-2H3,(H,24,30). The summed E-state index contributed by atoms with van der Waals surface area (Å²) < 4.78 is 3.85. The Morgan fingerprint density at radius 3 is 2.77 bits per heavy atom. The molecule has 0 saturated carbocycles. The molecular weight excluding hydrogens is 380 g/mol. The Kier molecular flexibility index (Phi) is 4.66. The van der Waals surface area contributed by atoms with Crippen LogP contribution < -0.4 is 15.8 Å². The molecule has 0 amide bonds. The van der Waals surface area contributed by atoms with Crippen LogP contribution in [0.3, 0.4) is 0 Å². The van der Waals surface area contributed by atoms with Gasteiger partial charge < -0.3 is 19.6 Å². The zero-order chi connectivity index (χ0) is 20.7. The van der Waals surface area contributed by atoms with Gasteiger partial charge in [0.25, 0.3) is 5.56 Å². The summed E-state index contributed by atoms with van der Waals surface area (Å²) in [6.07, 6.45) is 6.52. The van der Waals surface area contributed by atoms with Crippen LogP contribution in [0.25, 0.3) is 11.2 Å². The maximum absolute atomic E-state index is 12.0. The lowest BCUT2D eigenvalue weighted by Crippen LogP contribution is -2.46. The highest BCUT2D eigenvalue weighted by Crippen LogP contribution is 2.22. The summed E-state index contributed by atoms with van der Waals surface area (Å²) in [5, 5.41) is 7.77. The van der Waals surface area contributed by atoms with Gasteiger partial charge in [-0.3, -0.25) is 9.69 Å². The fourth-order valence-corrected chi connectivity index (χ4v) is 4.13. The highest BCUT2D eigenvalue weighted by Gasteiger charge is 2.19. The summed E-state index contributed by atoms with van der Waals surface area (Å²) in [7, 11) is 1.89. The number of imidazole rings is 1. The second-order valence-electron chi connectivity index (χ2n) is 7.71. The van der Waals surface area contributed by atoms with E-state index < -0.39 is 0 Å². The van der Waals surface area contributed by atoms with Crippen molar-refractivity contribution in [3.05, 3.63) is 58.5 Å². The fraction of sp³-hybridized carbons (Fsp3) is 0.381. The number of anilines is 2. The van der Waals surface area contributed by atoms with Crippen LogP contribution in [-0.2, 0) is 13.0 Å². The molecule has 1 aliphatic rings. The molecule has 4 aromatic heterocycles. The molecule has 0 unspecified atom stereocenters. The van der Waals surface area contributed by atoms with Gasteiger partial charge in [-0.15, -0.1) is 0 Å². The minimum Gasteiger partial charge on any atom is -0.371 e. The van der Waals surface area contributed by atoms with Crippen LogP contribution in [0, 0.1) is 0 Å². The molecule has 5 heterocycles. The van der Waals surface area contributed by atoms with E-state index in [-0.39, 0.29) is 5.56 Å². The molecular formula is C21H26N8O. The van der Waals surface area contributed by atoms with E-state index in [2.05, 4.69) is 52.9 Å². The van der Waals surface area contributed by atoms with E-state index in [4.69, 9.17) is 0 Å². The Morgan fingerprint density at radius 2 is 2.00 bits per heavy atom. The number of rotatable bonds is 5. The van der Waals surface area contributed by atoms with E-state index in [9.17, 15) is 4.79 Å². The van der Waals surface area contributed by atoms with Crippen molar-refractivity contribution in [3.8, 4) is 0 Å². The van der Waals surface area contributed by atoms with E-state index in [1.807, 2.05) is 32.6 Å². The number of nitrogens with zero attached hydrogens (tertiary/aromatic N) is 6. The number of H-pyrrole nitrogens is 1. The summed E-state index contributed by atoms with van der Waals surface area (Å²) in [5.74, 6) is 0.895. The van der Waals surface area contributed by atoms with E-state index >= 15 is 0 Å². The molecule has 156 valence electrons. The van der Waals surface area contributed by atoms with Crippen molar-refractivity contribution in [2.45, 2.75) is 19.9 Å². The van der Waals surface area contributed by atoms with Gasteiger partial charge in [-0.1, -0.05) is 6.92 Å². The molecule has 0 atom stereocenters. The highest BCUT2D eigenvalue weighted by atomic mass is 16.1. The molecule has 0 aliphatic carbocycles. The zero-order valence-corrected chi connectivity index (χ0v) is 17.3. The van der Waals surface area contributed by atoms with Gasteiger partial charge in [0.05, 0.1) is 16.9 Å². The quantitative estimate of drug-likeness (QED) is 0.524. The van der Waals surface area contributed by atoms with E-state index in [0.29, 0.717) is 6.42 Å². The smallest absolute Gasteiger partial charge is 0.254 e. The summed E-state index contributed by atoms with van der Waals surface area (Å²) >= 11 is 0. The van der Waals surface area contributed by atoms with Crippen LogP contribution in [-0.4, -0.2) is 62.1 Å². The molecule has 0 spiro atoms. The van der Waals surface area contributed by atoms with Gasteiger partial charge in [-0.25, -0.2) is 9.50 Å². The second kappa shape index (κ2) is 7.49. The molecule has 9 nitrogen and oxygen atoms in total. The first-order valence-electron chi connectivity index (χ1n) is 10.4. The Bertz CT molecular complexity index is 1250. The van der Waals surface area contributed by atoms with Crippen LogP contribution >= 0.6 is 0 Å². The molecule has 2 N–H and O–H groups in total. The highest BCUT2D eigenvalue weighted by molar-refractivity contribution is 5.70. The molecule has 1 fully saturated rings. The van der Waals surface area contributed by atoms with E-state index in [1.54, 1.807) is 4.52 Å². The summed E-state index contributed by atoms with van der Waals surface area (Å²) in [6.45, 7) is 6.62. The number of nitrogens with one attached hydrogen (secondary N) is 2. The fourth-order valence-electron chi connectivity index (χ4n) is 4.13. The molecule has 0 radical (unpaired) electrons. The maximum Gasteiger partial charge on any atom is 0.254 e. The predicted octanol–water partition coefficient (Wildman–Crippen LogP) is 1.60. The van der Waals surface area contributed by atoms with Crippen LogP contribution in [0.4, 0.5) is 11.5 Å². The van der Waals surface area contributed by atoms with Gasteiger partial charge in [0.15, 0.2) is 5.82 Å². The normalized spacial score (nSPS) is 15.3. The molecule has 5 rings (SSSR count). The first-order valence-corrected chi connectivity index (χ1v) is 10.4. The maximum atomic E-state index is 12.0. The third-order valence-corrected chi connectivity index (χ3v) is 5.85. The number of pyridine rings is 1. The van der Waals surface area contributed by atoms with Crippen molar-refractivity contribution >= 4 is 22.7 Å². The van der Waals surface area contributed by atoms with E-state index in [1.165, 1.54) is 5.69 Å². The van der Waals surface area contributed by atoms with Crippen LogP contribution in [0.15, 0.2) is 41.7 Å². The molecule has 9 heteroatoms. The number of aromatic nitrogens is 5. The van der Waals surface area contributed by atoms with Crippen molar-refractivity contribution < 1.29 is 0 Å². The topological polar surface area (TPSA) is 86.0 Å². The number of hydrogen-bond acceptors (Lipinski definition) is 6. The lowest BCUT2D eigenvalue weighted by Gasteiger charge is -2.35. The summed E-state index contributed by atoms with van der Waals surface area (Å²) in [6, 6.07) is 6.25. The third kappa shape index (κ3) is 3.30. The minimum atomic E-state index is -0.0261. The molecule has 0 aromatic carbocycles. The van der Waals surface area contributed by atoms with Gasteiger partial charge >= 0.3 is 0 Å². The van der Waals surface area contributed by atoms with Crippen molar-refractivity contribution in [1.29, 1.82) is 0 Å². The van der Waals surface area contributed by atoms with Crippen molar-refractivity contribution in [2.24, 2.45) is 0 Å². The zero-order valence-electron chi connectivity index (χ0n) is 17.3. The average Bonchev–Trinajstić information content (AvgIpc) is 3.35. The van der Waals surface area contributed by atoms with Gasteiger partial charge in [-0.2, -0.15) is 5.10 Å². The van der Waals surface area contributed by atoms with Gasteiger partial charge in [0.1, 0.15) is 12.0 Å². The van der Waals surface area contributed by atoms with E-state index in [0.717, 1.165) is 61.0 Å². The lowest BCUT2D eigenvalue weighted by molar-refractivity contribution is 0.247. The Hall–Kier alpha value is -3.33. The third-order valence-electron chi connectivity index (χ3n) is 5.85. The van der Waals surface area contributed by atoms with Gasteiger partial charge in [0, 0.05) is 63.8 Å². The number of piperazine rings is 1. The van der Waals surface area contributed by atoms with Crippen molar-refractivity contribution in [3.63, 3.8) is 0 Å². The lowest BCUT2D eigenvalue weighted by atomic mass is 10.2. The number of hydrogen-bond donors (Lipinski definition) is 2. The molecule has 1 aliphatic heterocycles. The summed E-state index contributed by atoms with van der Waals surface area (Å²) in [4.78, 5) is 24.1. The number of fused-ring (bicyclic) bond motifs is 2. The predicted molar refractivity (Wildman–Crippen MR) is 117 cm³/mol.